The summed E-state index contributed by atoms with van der Waals surface area (Å²) in [6, 6.07) is 15.7. The Labute approximate surface area is 185 Å². The molecule has 2 amide bonds. The molecule has 0 unspecified atom stereocenters. The smallest absolute Gasteiger partial charge is 0.338 e. The number of nitrogens with zero attached hydrogens (tertiary/aromatic N) is 1. The quantitative estimate of drug-likeness (QED) is 0.634. The van der Waals surface area contributed by atoms with Gasteiger partial charge in [-0.3, -0.25) is 0 Å². The fraction of sp³-hybridized carbons (Fsp3) is 0.462. The summed E-state index contributed by atoms with van der Waals surface area (Å²) in [4.78, 5) is 26.4. The van der Waals surface area contributed by atoms with Crippen molar-refractivity contribution in [3.8, 4) is 0 Å². The summed E-state index contributed by atoms with van der Waals surface area (Å²) in [6.07, 6.45) is 3.05. The molecule has 1 saturated heterocycles. The normalized spacial score (nSPS) is 14.9. The first kappa shape index (κ1) is 22.9. The second-order valence-electron chi connectivity index (χ2n) is 9.31. The van der Waals surface area contributed by atoms with E-state index < -0.39 is 0 Å². The molecule has 0 saturated carbocycles. The Morgan fingerprint density at radius 1 is 1.06 bits per heavy atom. The van der Waals surface area contributed by atoms with Crippen LogP contribution in [0.5, 0.6) is 0 Å². The van der Waals surface area contributed by atoms with Crippen LogP contribution in [0, 0.1) is 5.92 Å². The zero-order valence-corrected chi connectivity index (χ0v) is 19.1. The van der Waals surface area contributed by atoms with Crippen molar-refractivity contribution < 1.29 is 14.3 Å². The zero-order chi connectivity index (χ0) is 22.4. The number of ether oxygens (including phenoxy) is 1. The van der Waals surface area contributed by atoms with Gasteiger partial charge in [-0.1, -0.05) is 51.1 Å². The Morgan fingerprint density at radius 3 is 2.35 bits per heavy atom. The predicted octanol–water partition coefficient (Wildman–Crippen LogP) is 5.65. The minimum atomic E-state index is -0.380. The number of hydrogen-bond donors (Lipinski definition) is 1. The number of carbonyl (C=O) groups excluding carboxylic acids is 2. The van der Waals surface area contributed by atoms with Crippen LogP contribution in [0.4, 0.5) is 10.5 Å². The molecule has 2 aromatic rings. The fourth-order valence-corrected chi connectivity index (χ4v) is 3.96. The first-order valence-corrected chi connectivity index (χ1v) is 11.2. The Bertz CT molecular complexity index is 892. The van der Waals surface area contributed by atoms with Crippen LogP contribution < -0.4 is 5.32 Å². The number of carbonyl (C=O) groups is 2. The third-order valence-corrected chi connectivity index (χ3v) is 5.87. The number of anilines is 1. The predicted molar refractivity (Wildman–Crippen MR) is 125 cm³/mol. The van der Waals surface area contributed by atoms with Crippen molar-refractivity contribution in [1.82, 2.24) is 4.90 Å². The lowest BCUT2D eigenvalue weighted by Gasteiger charge is -2.32. The van der Waals surface area contributed by atoms with Crippen LogP contribution >= 0.6 is 0 Å². The average molecular weight is 423 g/mol. The molecular weight excluding hydrogens is 388 g/mol. The lowest BCUT2D eigenvalue weighted by molar-refractivity contribution is 0.0526. The largest absolute Gasteiger partial charge is 0.462 e. The number of nitrogens with one attached hydrogen (secondary N) is 1. The molecule has 5 heteroatoms. The monoisotopic (exact) mass is 422 g/mol. The van der Waals surface area contributed by atoms with Gasteiger partial charge in [0.05, 0.1) is 12.2 Å². The highest BCUT2D eigenvalue weighted by Gasteiger charge is 2.23. The molecule has 0 spiro atoms. The topological polar surface area (TPSA) is 58.6 Å². The molecule has 1 fully saturated rings. The van der Waals surface area contributed by atoms with Crippen LogP contribution in [0.2, 0.25) is 0 Å². The highest BCUT2D eigenvalue weighted by atomic mass is 16.5. The maximum absolute atomic E-state index is 12.7. The molecule has 3 rings (SSSR count). The summed E-state index contributed by atoms with van der Waals surface area (Å²) in [5, 5.41) is 2.91. The molecule has 2 aromatic carbocycles. The van der Waals surface area contributed by atoms with E-state index in [9.17, 15) is 9.59 Å². The number of hydrogen-bond acceptors (Lipinski definition) is 3. The Balaban J connectivity index is 1.50. The van der Waals surface area contributed by atoms with Gasteiger partial charge in [0.25, 0.3) is 0 Å². The van der Waals surface area contributed by atoms with Crippen molar-refractivity contribution in [3.05, 3.63) is 65.2 Å². The SMILES string of the molecule is CCOC(=O)c1cccc(NC(=O)N2CCC(Cc3ccc(C(C)(C)C)cc3)CC2)c1. The van der Waals surface area contributed by atoms with Crippen LogP contribution in [0.3, 0.4) is 0 Å². The van der Waals surface area contributed by atoms with E-state index in [4.69, 9.17) is 4.74 Å². The maximum Gasteiger partial charge on any atom is 0.338 e. The molecule has 1 aliphatic rings. The molecule has 31 heavy (non-hydrogen) atoms. The lowest BCUT2D eigenvalue weighted by atomic mass is 9.85. The lowest BCUT2D eigenvalue weighted by Crippen LogP contribution is -2.41. The Hall–Kier alpha value is -2.82. The van der Waals surface area contributed by atoms with E-state index in [0.29, 0.717) is 23.8 Å². The van der Waals surface area contributed by atoms with Gasteiger partial charge in [-0.25, -0.2) is 9.59 Å². The van der Waals surface area contributed by atoms with E-state index in [1.54, 1.807) is 31.2 Å². The van der Waals surface area contributed by atoms with Crippen LogP contribution in [-0.2, 0) is 16.6 Å². The summed E-state index contributed by atoms with van der Waals surface area (Å²) in [5.41, 5.74) is 3.95. The minimum Gasteiger partial charge on any atom is -0.462 e. The molecule has 0 radical (unpaired) electrons. The van der Waals surface area contributed by atoms with E-state index in [1.165, 1.54) is 11.1 Å². The van der Waals surface area contributed by atoms with Crippen molar-refractivity contribution in [1.29, 1.82) is 0 Å². The number of amides is 2. The van der Waals surface area contributed by atoms with Gasteiger partial charge >= 0.3 is 12.0 Å². The summed E-state index contributed by atoms with van der Waals surface area (Å²) in [7, 11) is 0. The van der Waals surface area contributed by atoms with E-state index in [1.807, 2.05) is 4.90 Å². The Kier molecular flexibility index (Phi) is 7.37. The van der Waals surface area contributed by atoms with E-state index >= 15 is 0 Å². The molecular formula is C26H34N2O3. The van der Waals surface area contributed by atoms with Gasteiger partial charge in [0.15, 0.2) is 0 Å². The summed E-state index contributed by atoms with van der Waals surface area (Å²) < 4.78 is 5.03. The van der Waals surface area contributed by atoms with E-state index in [-0.39, 0.29) is 17.4 Å². The minimum absolute atomic E-state index is 0.117. The molecule has 5 nitrogen and oxygen atoms in total. The van der Waals surface area contributed by atoms with Crippen molar-refractivity contribution in [2.45, 2.75) is 52.4 Å². The van der Waals surface area contributed by atoms with Gasteiger partial charge in [-0.2, -0.15) is 0 Å². The molecule has 1 N–H and O–H groups in total. The molecule has 1 aliphatic heterocycles. The van der Waals surface area contributed by atoms with Crippen LogP contribution in [0.25, 0.3) is 0 Å². The number of piperidine rings is 1. The third kappa shape index (κ3) is 6.33. The van der Waals surface area contributed by atoms with E-state index in [2.05, 4.69) is 50.4 Å². The number of benzene rings is 2. The summed E-state index contributed by atoms with van der Waals surface area (Å²) >= 11 is 0. The Morgan fingerprint density at radius 2 is 1.74 bits per heavy atom. The van der Waals surface area contributed by atoms with Crippen molar-refractivity contribution >= 4 is 17.7 Å². The van der Waals surface area contributed by atoms with Gasteiger partial charge < -0.3 is 15.0 Å². The van der Waals surface area contributed by atoms with E-state index in [0.717, 1.165) is 32.4 Å². The average Bonchev–Trinajstić information content (AvgIpc) is 2.74. The molecule has 0 aliphatic carbocycles. The number of esters is 1. The molecule has 0 aromatic heterocycles. The standard InChI is InChI=1S/C26H34N2O3/c1-5-31-24(29)21-7-6-8-23(18-21)27-25(30)28-15-13-20(14-16-28)17-19-9-11-22(12-10-19)26(2,3)4/h6-12,18,20H,5,13-17H2,1-4H3,(H,27,30). The van der Waals surface area contributed by atoms with Gasteiger partial charge in [0.1, 0.15) is 0 Å². The van der Waals surface area contributed by atoms with Crippen molar-refractivity contribution in [2.24, 2.45) is 5.92 Å². The van der Waals surface area contributed by atoms with Crippen molar-refractivity contribution in [2.75, 3.05) is 25.0 Å². The van der Waals surface area contributed by atoms with Crippen LogP contribution in [0.15, 0.2) is 48.5 Å². The van der Waals surface area contributed by atoms with Gasteiger partial charge in [-0.15, -0.1) is 0 Å². The molecule has 0 atom stereocenters. The number of likely N-dealkylation sites (tertiary alicyclic amines) is 1. The van der Waals surface area contributed by atoms with Gasteiger partial charge in [0.2, 0.25) is 0 Å². The first-order valence-electron chi connectivity index (χ1n) is 11.2. The fourth-order valence-electron chi connectivity index (χ4n) is 3.96. The summed E-state index contributed by atoms with van der Waals surface area (Å²) in [5.74, 6) is 0.214. The van der Waals surface area contributed by atoms with Gasteiger partial charge in [-0.05, 0) is 66.8 Å². The zero-order valence-electron chi connectivity index (χ0n) is 19.1. The highest BCUT2D eigenvalue weighted by molar-refractivity contribution is 5.94. The number of urea groups is 1. The third-order valence-electron chi connectivity index (χ3n) is 5.87. The molecule has 0 bridgehead atoms. The second-order valence-corrected chi connectivity index (χ2v) is 9.31. The van der Waals surface area contributed by atoms with Crippen molar-refractivity contribution in [3.63, 3.8) is 0 Å². The molecule has 166 valence electrons. The summed E-state index contributed by atoms with van der Waals surface area (Å²) in [6.45, 7) is 10.3. The number of rotatable bonds is 5. The molecule has 1 heterocycles. The van der Waals surface area contributed by atoms with Crippen LogP contribution in [-0.4, -0.2) is 36.6 Å². The highest BCUT2D eigenvalue weighted by Crippen LogP contribution is 2.26. The maximum atomic E-state index is 12.7. The van der Waals surface area contributed by atoms with Crippen LogP contribution in [0.1, 0.15) is 62.0 Å². The van der Waals surface area contributed by atoms with Gasteiger partial charge in [0, 0.05) is 18.8 Å². The first-order chi connectivity index (χ1) is 14.8. The second kappa shape index (κ2) is 9.99.